The quantitative estimate of drug-likeness (QED) is 0.777. The van der Waals surface area contributed by atoms with E-state index in [2.05, 4.69) is 43.7 Å². The molecule has 2 aromatic heterocycles. The summed E-state index contributed by atoms with van der Waals surface area (Å²) in [6, 6.07) is 10.0. The van der Waals surface area contributed by atoms with Gasteiger partial charge in [0, 0.05) is 18.5 Å². The predicted octanol–water partition coefficient (Wildman–Crippen LogP) is 3.00. The molecule has 0 bridgehead atoms. The molecule has 0 fully saturated rings. The Morgan fingerprint density at radius 1 is 1.04 bits per heavy atom. The van der Waals surface area contributed by atoms with E-state index >= 15 is 0 Å². The van der Waals surface area contributed by atoms with E-state index in [1.165, 1.54) is 36.4 Å². The van der Waals surface area contributed by atoms with Gasteiger partial charge in [-0.15, -0.1) is 0 Å². The first-order chi connectivity index (χ1) is 11.8. The van der Waals surface area contributed by atoms with Crippen LogP contribution in [-0.4, -0.2) is 26.1 Å². The molecule has 2 heterocycles. The molecule has 0 saturated carbocycles. The van der Waals surface area contributed by atoms with Crippen LogP contribution in [0.2, 0.25) is 0 Å². The first-order valence-corrected chi connectivity index (χ1v) is 8.05. The Kier molecular flexibility index (Phi) is 3.78. The van der Waals surface area contributed by atoms with Crippen molar-refractivity contribution < 1.29 is 4.79 Å². The van der Waals surface area contributed by atoms with Gasteiger partial charge in [0.2, 0.25) is 5.82 Å². The van der Waals surface area contributed by atoms with Crippen LogP contribution in [0.4, 0.5) is 5.82 Å². The van der Waals surface area contributed by atoms with Gasteiger partial charge in [0.1, 0.15) is 0 Å². The van der Waals surface area contributed by atoms with Crippen LogP contribution in [0.3, 0.4) is 0 Å². The molecule has 24 heavy (non-hydrogen) atoms. The summed E-state index contributed by atoms with van der Waals surface area (Å²) < 4.78 is 0. The fourth-order valence-corrected chi connectivity index (χ4v) is 3.02. The van der Waals surface area contributed by atoms with Crippen molar-refractivity contribution >= 4 is 11.7 Å². The van der Waals surface area contributed by atoms with Crippen LogP contribution >= 0.6 is 0 Å². The van der Waals surface area contributed by atoms with Crippen molar-refractivity contribution in [2.75, 3.05) is 5.32 Å². The SMILES string of the molecule is O=C(Nc1cc(-c2ccc3c(c2)CCCC3)[nH]n1)c1ncccn1. The second-order valence-corrected chi connectivity index (χ2v) is 5.88. The van der Waals surface area contributed by atoms with E-state index in [1.807, 2.05) is 6.07 Å². The Morgan fingerprint density at radius 2 is 1.83 bits per heavy atom. The van der Waals surface area contributed by atoms with Gasteiger partial charge < -0.3 is 5.32 Å². The van der Waals surface area contributed by atoms with E-state index in [9.17, 15) is 4.79 Å². The zero-order valence-electron chi connectivity index (χ0n) is 13.1. The standard InChI is InChI=1S/C18H17N5O/c24-18(17-19-8-3-9-20-17)21-16-11-15(22-23-16)14-7-6-12-4-1-2-5-13(12)10-14/h3,6-11H,1-2,4-5H2,(H2,21,22,23,24). The molecule has 0 saturated heterocycles. The van der Waals surface area contributed by atoms with E-state index in [4.69, 9.17) is 0 Å². The minimum Gasteiger partial charge on any atom is -0.302 e. The number of nitrogens with one attached hydrogen (secondary N) is 2. The summed E-state index contributed by atoms with van der Waals surface area (Å²) in [6.07, 6.45) is 7.88. The average molecular weight is 319 g/mol. The van der Waals surface area contributed by atoms with Gasteiger partial charge in [0.05, 0.1) is 5.69 Å². The average Bonchev–Trinajstić information content (AvgIpc) is 3.10. The second-order valence-electron chi connectivity index (χ2n) is 5.88. The lowest BCUT2D eigenvalue weighted by molar-refractivity contribution is 0.101. The number of hydrogen-bond donors (Lipinski definition) is 2. The number of hydrogen-bond acceptors (Lipinski definition) is 4. The number of aryl methyl sites for hydroxylation is 2. The van der Waals surface area contributed by atoms with Crippen molar-refractivity contribution in [1.29, 1.82) is 0 Å². The molecule has 1 aliphatic carbocycles. The largest absolute Gasteiger partial charge is 0.302 e. The van der Waals surface area contributed by atoms with Gasteiger partial charge in [-0.25, -0.2) is 9.97 Å². The van der Waals surface area contributed by atoms with Gasteiger partial charge in [0.25, 0.3) is 5.91 Å². The Balaban J connectivity index is 1.53. The fraction of sp³-hybridized carbons (Fsp3) is 0.222. The predicted molar refractivity (Wildman–Crippen MR) is 90.7 cm³/mol. The lowest BCUT2D eigenvalue weighted by Crippen LogP contribution is -2.15. The highest BCUT2D eigenvalue weighted by atomic mass is 16.2. The lowest BCUT2D eigenvalue weighted by Gasteiger charge is -2.16. The molecule has 1 amide bonds. The number of rotatable bonds is 3. The molecule has 0 radical (unpaired) electrons. The van der Waals surface area contributed by atoms with E-state index in [0.29, 0.717) is 5.82 Å². The summed E-state index contributed by atoms with van der Waals surface area (Å²) in [5.74, 6) is 0.204. The van der Waals surface area contributed by atoms with Gasteiger partial charge in [0.15, 0.2) is 5.82 Å². The van der Waals surface area contributed by atoms with Gasteiger partial charge in [-0.3, -0.25) is 9.89 Å². The summed E-state index contributed by atoms with van der Waals surface area (Å²) in [5.41, 5.74) is 4.82. The van der Waals surface area contributed by atoms with Gasteiger partial charge >= 0.3 is 0 Å². The van der Waals surface area contributed by atoms with E-state index in [0.717, 1.165) is 24.1 Å². The van der Waals surface area contributed by atoms with Crippen molar-refractivity contribution in [2.24, 2.45) is 0 Å². The number of nitrogens with zero attached hydrogens (tertiary/aromatic N) is 3. The number of aromatic nitrogens is 4. The number of H-pyrrole nitrogens is 1. The van der Waals surface area contributed by atoms with E-state index < -0.39 is 0 Å². The summed E-state index contributed by atoms with van der Waals surface area (Å²) in [7, 11) is 0. The number of amides is 1. The lowest BCUT2D eigenvalue weighted by atomic mass is 9.90. The number of benzene rings is 1. The Hall–Kier alpha value is -3.02. The third-order valence-corrected chi connectivity index (χ3v) is 4.25. The summed E-state index contributed by atoms with van der Waals surface area (Å²) in [4.78, 5) is 19.9. The molecule has 120 valence electrons. The van der Waals surface area contributed by atoms with Crippen molar-refractivity contribution in [3.63, 3.8) is 0 Å². The smallest absolute Gasteiger partial charge is 0.294 e. The van der Waals surface area contributed by atoms with Crippen molar-refractivity contribution in [1.82, 2.24) is 20.2 Å². The van der Waals surface area contributed by atoms with E-state index in [-0.39, 0.29) is 11.7 Å². The zero-order valence-corrected chi connectivity index (χ0v) is 13.1. The van der Waals surface area contributed by atoms with Crippen LogP contribution in [0.25, 0.3) is 11.3 Å². The number of carbonyl (C=O) groups excluding carboxylic acids is 1. The highest BCUT2D eigenvalue weighted by Gasteiger charge is 2.13. The Morgan fingerprint density at radius 3 is 2.67 bits per heavy atom. The number of anilines is 1. The van der Waals surface area contributed by atoms with E-state index in [1.54, 1.807) is 6.07 Å². The normalized spacial score (nSPS) is 13.3. The van der Waals surface area contributed by atoms with Crippen LogP contribution in [0.15, 0.2) is 42.7 Å². The maximum Gasteiger partial charge on any atom is 0.294 e. The minimum atomic E-state index is -0.376. The number of aromatic amines is 1. The molecule has 2 N–H and O–H groups in total. The van der Waals surface area contributed by atoms with Crippen LogP contribution in [0, 0.1) is 0 Å². The molecule has 6 nitrogen and oxygen atoms in total. The molecule has 3 aromatic rings. The molecule has 0 atom stereocenters. The van der Waals surface area contributed by atoms with Crippen molar-refractivity contribution in [3.05, 3.63) is 59.7 Å². The Labute approximate surface area is 139 Å². The summed E-state index contributed by atoms with van der Waals surface area (Å²) in [5, 5.41) is 9.84. The van der Waals surface area contributed by atoms with Gasteiger partial charge in [-0.1, -0.05) is 12.1 Å². The fourth-order valence-electron chi connectivity index (χ4n) is 3.02. The minimum absolute atomic E-state index is 0.121. The maximum absolute atomic E-state index is 12.1. The molecule has 0 spiro atoms. The first-order valence-electron chi connectivity index (χ1n) is 8.05. The van der Waals surface area contributed by atoms with Crippen LogP contribution in [-0.2, 0) is 12.8 Å². The van der Waals surface area contributed by atoms with Gasteiger partial charge in [-0.2, -0.15) is 5.10 Å². The van der Waals surface area contributed by atoms with Gasteiger partial charge in [-0.05, 0) is 54.5 Å². The second kappa shape index (κ2) is 6.23. The molecule has 1 aromatic carbocycles. The number of carbonyl (C=O) groups is 1. The molecule has 0 unspecified atom stereocenters. The molecule has 6 heteroatoms. The van der Waals surface area contributed by atoms with Crippen molar-refractivity contribution in [3.8, 4) is 11.3 Å². The third-order valence-electron chi connectivity index (χ3n) is 4.25. The highest BCUT2D eigenvalue weighted by Crippen LogP contribution is 2.27. The van der Waals surface area contributed by atoms with Crippen molar-refractivity contribution in [2.45, 2.75) is 25.7 Å². The monoisotopic (exact) mass is 319 g/mol. The number of fused-ring (bicyclic) bond motifs is 1. The first kappa shape index (κ1) is 14.6. The maximum atomic E-state index is 12.1. The zero-order chi connectivity index (χ0) is 16.4. The topological polar surface area (TPSA) is 83.6 Å². The summed E-state index contributed by atoms with van der Waals surface area (Å²) in [6.45, 7) is 0. The molecular weight excluding hydrogens is 302 g/mol. The van der Waals surface area contributed by atoms with Crippen LogP contribution < -0.4 is 5.32 Å². The molecule has 0 aliphatic heterocycles. The Bertz CT molecular complexity index is 872. The highest BCUT2D eigenvalue weighted by molar-refractivity contribution is 6.01. The molecule has 4 rings (SSSR count). The van der Waals surface area contributed by atoms with Crippen LogP contribution in [0.5, 0.6) is 0 Å². The summed E-state index contributed by atoms with van der Waals surface area (Å²) >= 11 is 0. The molecular formula is C18H17N5O. The molecule has 1 aliphatic rings. The third kappa shape index (κ3) is 2.90. The van der Waals surface area contributed by atoms with Crippen LogP contribution in [0.1, 0.15) is 34.6 Å².